The molecule has 5 nitrogen and oxygen atoms in total. The highest BCUT2D eigenvalue weighted by molar-refractivity contribution is 7.14. The lowest BCUT2D eigenvalue weighted by Crippen LogP contribution is -2.42. The molecule has 1 saturated carbocycles. The Bertz CT molecular complexity index is 922. The molecule has 2 atom stereocenters. The van der Waals surface area contributed by atoms with Crippen LogP contribution in [0.3, 0.4) is 0 Å². The van der Waals surface area contributed by atoms with Crippen molar-refractivity contribution in [2.75, 3.05) is 11.4 Å². The fourth-order valence-electron chi connectivity index (χ4n) is 3.90. The Kier molecular flexibility index (Phi) is 5.51. The van der Waals surface area contributed by atoms with Crippen LogP contribution in [0.1, 0.15) is 25.7 Å². The monoisotopic (exact) mass is 416 g/mol. The van der Waals surface area contributed by atoms with Gasteiger partial charge in [0.2, 0.25) is 5.91 Å². The number of anilines is 1. The molecule has 2 unspecified atom stereocenters. The average molecular weight is 417 g/mol. The molecule has 1 aliphatic carbocycles. The second-order valence-electron chi connectivity index (χ2n) is 7.36. The molecule has 0 radical (unpaired) electrons. The number of aromatic nitrogens is 1. The molecule has 0 saturated heterocycles. The van der Waals surface area contributed by atoms with Crippen molar-refractivity contribution in [1.29, 1.82) is 0 Å². The van der Waals surface area contributed by atoms with Gasteiger partial charge >= 0.3 is 5.97 Å². The van der Waals surface area contributed by atoms with E-state index in [-0.39, 0.29) is 18.2 Å². The first-order chi connectivity index (χ1) is 13.5. The largest absolute Gasteiger partial charge is 0.481 e. The summed E-state index contributed by atoms with van der Waals surface area (Å²) < 4.78 is 0. The molecule has 146 valence electrons. The quantitative estimate of drug-likeness (QED) is 0.705. The molecule has 1 amide bonds. The van der Waals surface area contributed by atoms with Crippen LogP contribution in [0.2, 0.25) is 5.02 Å². The van der Waals surface area contributed by atoms with E-state index in [1.54, 1.807) is 4.90 Å². The van der Waals surface area contributed by atoms with Crippen LogP contribution in [0.15, 0.2) is 41.8 Å². The second kappa shape index (κ2) is 8.05. The van der Waals surface area contributed by atoms with Gasteiger partial charge in [0.15, 0.2) is 5.13 Å². The topological polar surface area (TPSA) is 70.5 Å². The Balaban J connectivity index is 1.65. The highest BCUT2D eigenvalue weighted by Gasteiger charge is 2.42. The molecular weight excluding hydrogens is 396 g/mol. The maximum atomic E-state index is 13.4. The zero-order chi connectivity index (χ0) is 19.7. The molecular formula is C21H21ClN2O3S. The number of allylic oxidation sites excluding steroid dienone is 1. The van der Waals surface area contributed by atoms with Crippen molar-refractivity contribution < 1.29 is 14.7 Å². The predicted molar refractivity (Wildman–Crippen MR) is 111 cm³/mol. The van der Waals surface area contributed by atoms with Crippen LogP contribution in [0.25, 0.3) is 11.3 Å². The number of halogens is 1. The van der Waals surface area contributed by atoms with Gasteiger partial charge in [-0.2, -0.15) is 0 Å². The Morgan fingerprint density at radius 1 is 1.29 bits per heavy atom. The van der Waals surface area contributed by atoms with E-state index in [1.807, 2.05) is 35.7 Å². The molecule has 7 heteroatoms. The third-order valence-corrected chi connectivity index (χ3v) is 6.65. The Hall–Kier alpha value is -2.18. The lowest BCUT2D eigenvalue weighted by Gasteiger charge is -2.31. The molecule has 1 aliphatic heterocycles. The minimum atomic E-state index is -0.926. The molecule has 2 aliphatic rings. The maximum Gasteiger partial charge on any atom is 0.304 e. The summed E-state index contributed by atoms with van der Waals surface area (Å²) in [5.74, 6) is -1.03. The summed E-state index contributed by atoms with van der Waals surface area (Å²) in [5.41, 5.74) is 1.54. The zero-order valence-corrected chi connectivity index (χ0v) is 16.8. The number of hydrogen-bond donors (Lipinski definition) is 1. The van der Waals surface area contributed by atoms with Crippen molar-refractivity contribution in [3.8, 4) is 11.3 Å². The van der Waals surface area contributed by atoms with Crippen molar-refractivity contribution in [3.63, 3.8) is 0 Å². The van der Waals surface area contributed by atoms with E-state index < -0.39 is 11.9 Å². The number of carbonyl (C=O) groups excluding carboxylic acids is 1. The predicted octanol–water partition coefficient (Wildman–Crippen LogP) is 4.87. The smallest absolute Gasteiger partial charge is 0.304 e. The van der Waals surface area contributed by atoms with E-state index in [1.165, 1.54) is 11.3 Å². The second-order valence-corrected chi connectivity index (χ2v) is 8.60. The van der Waals surface area contributed by atoms with Crippen LogP contribution < -0.4 is 4.90 Å². The average Bonchev–Trinajstić information content (AvgIpc) is 3.39. The molecule has 0 bridgehead atoms. The van der Waals surface area contributed by atoms with Gasteiger partial charge in [-0.05, 0) is 37.2 Å². The van der Waals surface area contributed by atoms with Gasteiger partial charge in [-0.25, -0.2) is 4.98 Å². The van der Waals surface area contributed by atoms with Crippen LogP contribution >= 0.6 is 22.9 Å². The molecule has 1 aromatic carbocycles. The SMILES string of the molecule is O=C(O)CC1C(=O)N(c2nc(-c3ccccc3Cl)cs2)CC=CCC1C1CC1. The number of amides is 1. The van der Waals surface area contributed by atoms with E-state index >= 15 is 0 Å². The summed E-state index contributed by atoms with van der Waals surface area (Å²) in [5, 5.41) is 12.5. The van der Waals surface area contributed by atoms with Crippen LogP contribution in [0.5, 0.6) is 0 Å². The van der Waals surface area contributed by atoms with Crippen LogP contribution in [-0.4, -0.2) is 28.5 Å². The molecule has 28 heavy (non-hydrogen) atoms. The molecule has 2 aromatic rings. The van der Waals surface area contributed by atoms with E-state index in [2.05, 4.69) is 11.1 Å². The Morgan fingerprint density at radius 2 is 2.07 bits per heavy atom. The third-order valence-electron chi connectivity index (χ3n) is 5.46. The maximum absolute atomic E-state index is 13.4. The van der Waals surface area contributed by atoms with Gasteiger partial charge in [0.1, 0.15) is 0 Å². The van der Waals surface area contributed by atoms with Crippen LogP contribution in [0.4, 0.5) is 5.13 Å². The Labute approximate surface area is 172 Å². The summed E-state index contributed by atoms with van der Waals surface area (Å²) in [6.45, 7) is 0.405. The summed E-state index contributed by atoms with van der Waals surface area (Å²) in [6.07, 6.45) is 6.87. The first-order valence-corrected chi connectivity index (χ1v) is 10.7. The van der Waals surface area contributed by atoms with E-state index in [0.29, 0.717) is 22.6 Å². The van der Waals surface area contributed by atoms with Gasteiger partial charge in [0.05, 0.1) is 18.0 Å². The number of hydrogen-bond acceptors (Lipinski definition) is 4. The van der Waals surface area contributed by atoms with E-state index in [9.17, 15) is 14.7 Å². The fourth-order valence-corrected chi connectivity index (χ4v) is 4.97. The molecule has 4 rings (SSSR count). The minimum Gasteiger partial charge on any atom is -0.481 e. The fraction of sp³-hybridized carbons (Fsp3) is 0.381. The van der Waals surface area contributed by atoms with Crippen molar-refractivity contribution in [2.24, 2.45) is 17.8 Å². The van der Waals surface area contributed by atoms with E-state index in [0.717, 1.165) is 30.5 Å². The summed E-state index contributed by atoms with van der Waals surface area (Å²) in [4.78, 5) is 31.1. The van der Waals surface area contributed by atoms with Crippen molar-refractivity contribution >= 4 is 39.9 Å². The van der Waals surface area contributed by atoms with Crippen molar-refractivity contribution in [1.82, 2.24) is 4.98 Å². The standard InChI is InChI=1S/C21H21ClN2O3S/c22-17-7-2-1-6-15(17)18-12-28-21(23-18)24-10-4-3-5-14(13-8-9-13)16(20(24)27)11-19(25)26/h1-4,6-7,12-14,16H,5,8-11H2,(H,25,26). The van der Waals surface area contributed by atoms with Gasteiger partial charge < -0.3 is 5.11 Å². The van der Waals surface area contributed by atoms with Gasteiger partial charge in [-0.1, -0.05) is 42.0 Å². The first kappa shape index (κ1) is 19.2. The molecule has 1 N–H and O–H groups in total. The first-order valence-electron chi connectivity index (χ1n) is 9.43. The third kappa shape index (κ3) is 3.98. The molecule has 0 spiro atoms. The van der Waals surface area contributed by atoms with Gasteiger partial charge in [-0.15, -0.1) is 11.3 Å². The number of carbonyl (C=O) groups is 2. The minimum absolute atomic E-state index is 0.0886. The van der Waals surface area contributed by atoms with Crippen LogP contribution in [0, 0.1) is 17.8 Å². The number of carboxylic acids is 1. The van der Waals surface area contributed by atoms with Crippen LogP contribution in [-0.2, 0) is 9.59 Å². The summed E-state index contributed by atoms with van der Waals surface area (Å²) in [7, 11) is 0. The van der Waals surface area contributed by atoms with E-state index in [4.69, 9.17) is 11.6 Å². The molecule has 1 fully saturated rings. The number of benzene rings is 1. The molecule has 1 aromatic heterocycles. The zero-order valence-electron chi connectivity index (χ0n) is 15.3. The lowest BCUT2D eigenvalue weighted by molar-refractivity contribution is -0.141. The van der Waals surface area contributed by atoms with Gasteiger partial charge in [0.25, 0.3) is 0 Å². The number of rotatable bonds is 5. The van der Waals surface area contributed by atoms with Crippen molar-refractivity contribution in [3.05, 3.63) is 46.8 Å². The lowest BCUT2D eigenvalue weighted by atomic mass is 9.81. The summed E-state index contributed by atoms with van der Waals surface area (Å²) >= 11 is 7.66. The number of aliphatic carboxylic acids is 1. The van der Waals surface area contributed by atoms with Gasteiger partial charge in [0, 0.05) is 22.5 Å². The van der Waals surface area contributed by atoms with Crippen molar-refractivity contribution in [2.45, 2.75) is 25.7 Å². The van der Waals surface area contributed by atoms with Gasteiger partial charge in [-0.3, -0.25) is 14.5 Å². The highest BCUT2D eigenvalue weighted by atomic mass is 35.5. The number of carboxylic acid groups (broad SMARTS) is 1. The Morgan fingerprint density at radius 3 is 2.79 bits per heavy atom. The molecule has 2 heterocycles. The normalized spacial score (nSPS) is 22.8. The summed E-state index contributed by atoms with van der Waals surface area (Å²) in [6, 6.07) is 7.46. The highest BCUT2D eigenvalue weighted by Crippen LogP contribution is 2.45. The number of nitrogens with zero attached hydrogens (tertiary/aromatic N) is 2. The number of thiazole rings is 1.